The Hall–Kier alpha value is -2.09. The van der Waals surface area contributed by atoms with E-state index in [2.05, 4.69) is 12.1 Å². The predicted molar refractivity (Wildman–Crippen MR) is 72.5 cm³/mol. The quantitative estimate of drug-likeness (QED) is 0.784. The Balaban J connectivity index is 1.96. The number of hydrogen-bond acceptors (Lipinski definition) is 1. The molecule has 18 heavy (non-hydrogen) atoms. The van der Waals surface area contributed by atoms with Gasteiger partial charge >= 0.3 is 0 Å². The normalized spacial score (nSPS) is 17.9. The lowest BCUT2D eigenvalue weighted by atomic mass is 10.0. The first kappa shape index (κ1) is 11.0. The van der Waals surface area contributed by atoms with Crippen molar-refractivity contribution >= 4 is 11.6 Å². The Bertz CT molecular complexity index is 577. The number of para-hydroxylation sites is 1. The zero-order valence-corrected chi connectivity index (χ0v) is 10.3. The van der Waals surface area contributed by atoms with Gasteiger partial charge in [-0.3, -0.25) is 4.79 Å². The monoisotopic (exact) mass is 237 g/mol. The molecule has 1 aliphatic heterocycles. The maximum atomic E-state index is 12.3. The Morgan fingerprint density at radius 2 is 1.67 bits per heavy atom. The number of carbonyl (C=O) groups is 1. The van der Waals surface area contributed by atoms with Crippen LogP contribution in [-0.2, 0) is 11.3 Å². The Morgan fingerprint density at radius 3 is 2.44 bits per heavy atom. The summed E-state index contributed by atoms with van der Waals surface area (Å²) in [7, 11) is 0. The summed E-state index contributed by atoms with van der Waals surface area (Å²) < 4.78 is 0. The SMILES string of the molecule is C[C@@H]1C(=O)N(Cc2ccccc2)c2ccccc21. The lowest BCUT2D eigenvalue weighted by Gasteiger charge is -2.17. The van der Waals surface area contributed by atoms with Crippen molar-refractivity contribution in [2.75, 3.05) is 4.90 Å². The van der Waals surface area contributed by atoms with Gasteiger partial charge in [-0.1, -0.05) is 48.5 Å². The number of anilines is 1. The van der Waals surface area contributed by atoms with E-state index in [9.17, 15) is 4.79 Å². The highest BCUT2D eigenvalue weighted by atomic mass is 16.2. The molecule has 0 aliphatic carbocycles. The van der Waals surface area contributed by atoms with Crippen LogP contribution >= 0.6 is 0 Å². The average molecular weight is 237 g/mol. The van der Waals surface area contributed by atoms with Crippen molar-refractivity contribution in [3.05, 3.63) is 65.7 Å². The van der Waals surface area contributed by atoms with E-state index in [0.29, 0.717) is 6.54 Å². The van der Waals surface area contributed by atoms with Crippen LogP contribution in [0.2, 0.25) is 0 Å². The maximum Gasteiger partial charge on any atom is 0.234 e. The van der Waals surface area contributed by atoms with Crippen molar-refractivity contribution in [2.24, 2.45) is 0 Å². The Kier molecular flexibility index (Phi) is 2.63. The maximum absolute atomic E-state index is 12.3. The van der Waals surface area contributed by atoms with Crippen LogP contribution in [0.3, 0.4) is 0 Å². The number of hydrogen-bond donors (Lipinski definition) is 0. The fourth-order valence-corrected chi connectivity index (χ4v) is 2.51. The Labute approximate surface area is 107 Å². The van der Waals surface area contributed by atoms with E-state index in [1.807, 2.05) is 54.3 Å². The van der Waals surface area contributed by atoms with Gasteiger partial charge in [0.05, 0.1) is 12.5 Å². The smallest absolute Gasteiger partial charge is 0.234 e. The molecule has 0 saturated heterocycles. The van der Waals surface area contributed by atoms with Crippen LogP contribution in [0.5, 0.6) is 0 Å². The zero-order valence-electron chi connectivity index (χ0n) is 10.3. The van der Waals surface area contributed by atoms with E-state index in [0.717, 1.165) is 16.8 Å². The molecule has 0 radical (unpaired) electrons. The molecule has 2 aromatic carbocycles. The van der Waals surface area contributed by atoms with Gasteiger partial charge in [-0.25, -0.2) is 0 Å². The van der Waals surface area contributed by atoms with Gasteiger partial charge < -0.3 is 4.90 Å². The van der Waals surface area contributed by atoms with Crippen LogP contribution in [0, 0.1) is 0 Å². The summed E-state index contributed by atoms with van der Waals surface area (Å²) in [5.41, 5.74) is 3.35. The van der Waals surface area contributed by atoms with Crippen molar-refractivity contribution in [3.63, 3.8) is 0 Å². The average Bonchev–Trinajstić information content (AvgIpc) is 2.66. The largest absolute Gasteiger partial charge is 0.307 e. The minimum atomic E-state index is -0.0232. The summed E-state index contributed by atoms with van der Waals surface area (Å²) >= 11 is 0. The second-order valence-electron chi connectivity index (χ2n) is 4.69. The molecule has 1 heterocycles. The van der Waals surface area contributed by atoms with Crippen LogP contribution in [0.4, 0.5) is 5.69 Å². The standard InChI is InChI=1S/C16H15NO/c1-12-14-9-5-6-10-15(14)17(16(12)18)11-13-7-3-2-4-8-13/h2-10,12H,11H2,1H3/t12-/m0/s1. The van der Waals surface area contributed by atoms with Crippen LogP contribution in [0.25, 0.3) is 0 Å². The molecule has 0 saturated carbocycles. The molecule has 1 amide bonds. The third-order valence-electron chi connectivity index (χ3n) is 3.51. The number of nitrogens with zero attached hydrogens (tertiary/aromatic N) is 1. The molecule has 90 valence electrons. The van der Waals surface area contributed by atoms with Gasteiger partial charge in [-0.05, 0) is 24.1 Å². The van der Waals surface area contributed by atoms with Gasteiger partial charge in [0, 0.05) is 5.69 Å². The minimum absolute atomic E-state index is 0.0232. The van der Waals surface area contributed by atoms with E-state index in [1.165, 1.54) is 0 Å². The molecule has 0 N–H and O–H groups in total. The zero-order chi connectivity index (χ0) is 12.5. The van der Waals surface area contributed by atoms with Crippen LogP contribution < -0.4 is 4.90 Å². The fraction of sp³-hybridized carbons (Fsp3) is 0.188. The molecule has 1 aliphatic rings. The van der Waals surface area contributed by atoms with E-state index in [1.54, 1.807) is 0 Å². The van der Waals surface area contributed by atoms with Gasteiger partial charge in [-0.2, -0.15) is 0 Å². The fourth-order valence-electron chi connectivity index (χ4n) is 2.51. The number of benzene rings is 2. The molecule has 0 spiro atoms. The van der Waals surface area contributed by atoms with Gasteiger partial charge in [0.25, 0.3) is 0 Å². The first-order valence-electron chi connectivity index (χ1n) is 6.21. The molecule has 0 unspecified atom stereocenters. The number of carbonyl (C=O) groups excluding carboxylic acids is 1. The molecule has 0 bridgehead atoms. The summed E-state index contributed by atoms with van der Waals surface area (Å²) in [6.07, 6.45) is 0. The van der Waals surface area contributed by atoms with Crippen LogP contribution in [-0.4, -0.2) is 5.91 Å². The van der Waals surface area contributed by atoms with E-state index < -0.39 is 0 Å². The summed E-state index contributed by atoms with van der Waals surface area (Å²) in [6.45, 7) is 2.63. The molecule has 0 aromatic heterocycles. The van der Waals surface area contributed by atoms with Crippen molar-refractivity contribution in [1.82, 2.24) is 0 Å². The van der Waals surface area contributed by atoms with E-state index >= 15 is 0 Å². The van der Waals surface area contributed by atoms with Gasteiger partial charge in [0.1, 0.15) is 0 Å². The number of amides is 1. The molecular weight excluding hydrogens is 222 g/mol. The topological polar surface area (TPSA) is 20.3 Å². The highest BCUT2D eigenvalue weighted by molar-refractivity contribution is 6.04. The van der Waals surface area contributed by atoms with Crippen molar-refractivity contribution in [2.45, 2.75) is 19.4 Å². The summed E-state index contributed by atoms with van der Waals surface area (Å²) in [5, 5.41) is 0. The highest BCUT2D eigenvalue weighted by Gasteiger charge is 2.33. The third kappa shape index (κ3) is 1.70. The summed E-state index contributed by atoms with van der Waals surface area (Å²) in [5.74, 6) is 0.171. The van der Waals surface area contributed by atoms with Gasteiger partial charge in [-0.15, -0.1) is 0 Å². The van der Waals surface area contributed by atoms with Gasteiger partial charge in [0.2, 0.25) is 5.91 Å². The van der Waals surface area contributed by atoms with Crippen LogP contribution in [0.15, 0.2) is 54.6 Å². The van der Waals surface area contributed by atoms with E-state index in [4.69, 9.17) is 0 Å². The first-order valence-corrected chi connectivity index (χ1v) is 6.21. The van der Waals surface area contributed by atoms with Gasteiger partial charge in [0.15, 0.2) is 0 Å². The third-order valence-corrected chi connectivity index (χ3v) is 3.51. The van der Waals surface area contributed by atoms with Crippen molar-refractivity contribution in [3.8, 4) is 0 Å². The van der Waals surface area contributed by atoms with Crippen molar-refractivity contribution in [1.29, 1.82) is 0 Å². The lowest BCUT2D eigenvalue weighted by molar-refractivity contribution is -0.119. The van der Waals surface area contributed by atoms with Crippen molar-refractivity contribution < 1.29 is 4.79 Å². The molecule has 0 fully saturated rings. The minimum Gasteiger partial charge on any atom is -0.307 e. The molecule has 2 heteroatoms. The lowest BCUT2D eigenvalue weighted by Crippen LogP contribution is -2.27. The van der Waals surface area contributed by atoms with E-state index in [-0.39, 0.29) is 11.8 Å². The summed E-state index contributed by atoms with van der Waals surface area (Å²) in [4.78, 5) is 14.2. The number of fused-ring (bicyclic) bond motifs is 1. The molecule has 2 aromatic rings. The highest BCUT2D eigenvalue weighted by Crippen LogP contribution is 2.37. The number of rotatable bonds is 2. The second kappa shape index (κ2) is 4.30. The first-order chi connectivity index (χ1) is 8.77. The molecular formula is C16H15NO. The molecule has 1 atom stereocenters. The molecule has 2 nitrogen and oxygen atoms in total. The molecule has 3 rings (SSSR count). The second-order valence-corrected chi connectivity index (χ2v) is 4.69. The predicted octanol–water partition coefficient (Wildman–Crippen LogP) is 3.34. The van der Waals surface area contributed by atoms with Crippen LogP contribution in [0.1, 0.15) is 24.0 Å². The summed E-state index contributed by atoms with van der Waals surface area (Å²) in [6, 6.07) is 18.2. The Morgan fingerprint density at radius 1 is 1.00 bits per heavy atom.